The maximum absolute atomic E-state index is 12.9. The molecule has 1 aliphatic rings. The number of hydrogen-bond donors (Lipinski definition) is 2. The lowest BCUT2D eigenvalue weighted by molar-refractivity contribution is -0.121. The molecule has 0 heterocycles. The first-order valence-electron chi connectivity index (χ1n) is 8.78. The van der Waals surface area contributed by atoms with Crippen LogP contribution < -0.4 is 10.5 Å². The third-order valence-electron chi connectivity index (χ3n) is 4.91. The summed E-state index contributed by atoms with van der Waals surface area (Å²) in [7, 11) is -7.50. The van der Waals surface area contributed by atoms with Crippen LogP contribution in [0, 0.1) is 6.92 Å². The van der Waals surface area contributed by atoms with Crippen LogP contribution >= 0.6 is 0 Å². The van der Waals surface area contributed by atoms with E-state index in [9.17, 15) is 21.6 Å². The van der Waals surface area contributed by atoms with Crippen LogP contribution in [0.3, 0.4) is 0 Å². The van der Waals surface area contributed by atoms with Crippen molar-refractivity contribution in [3.8, 4) is 0 Å². The van der Waals surface area contributed by atoms with Gasteiger partial charge in [-0.3, -0.25) is 4.79 Å². The van der Waals surface area contributed by atoms with E-state index in [4.69, 9.17) is 5.14 Å². The summed E-state index contributed by atoms with van der Waals surface area (Å²) in [5.41, 5.74) is 1.75. The molecule has 0 aliphatic heterocycles. The van der Waals surface area contributed by atoms with Crippen molar-refractivity contribution in [2.75, 3.05) is 6.54 Å². The van der Waals surface area contributed by atoms with Gasteiger partial charge in [-0.15, -0.1) is 0 Å². The van der Waals surface area contributed by atoms with Gasteiger partial charge in [0.1, 0.15) is 0 Å². The molecule has 0 radical (unpaired) electrons. The molecule has 0 aromatic heterocycles. The molecule has 7 nitrogen and oxygen atoms in total. The lowest BCUT2D eigenvalue weighted by Gasteiger charge is -2.16. The molecule has 0 atom stereocenters. The van der Waals surface area contributed by atoms with E-state index in [2.05, 4.69) is 5.32 Å². The van der Waals surface area contributed by atoms with E-state index in [1.54, 1.807) is 24.3 Å². The molecule has 1 fully saturated rings. The van der Waals surface area contributed by atoms with Gasteiger partial charge < -0.3 is 5.32 Å². The van der Waals surface area contributed by atoms with Crippen LogP contribution in [0.1, 0.15) is 24.0 Å². The molecule has 150 valence electrons. The standard InChI is InChI=1S/C19H22N2O5S2/c1-14-2-6-16(7-3-14)27(23,24)19(11-12-19)18(22)21-13-10-15-4-8-17(9-5-15)28(20,25)26/h2-9H,10-13H2,1H3,(H,21,22)(H2,20,25,26). The number of primary sulfonamides is 1. The van der Waals surface area contributed by atoms with E-state index >= 15 is 0 Å². The smallest absolute Gasteiger partial charge is 0.241 e. The van der Waals surface area contributed by atoms with Crippen molar-refractivity contribution < 1.29 is 21.6 Å². The second-order valence-electron chi connectivity index (χ2n) is 7.01. The van der Waals surface area contributed by atoms with Gasteiger partial charge in [-0.25, -0.2) is 22.0 Å². The van der Waals surface area contributed by atoms with Gasteiger partial charge in [-0.05, 0) is 56.0 Å². The first kappa shape index (κ1) is 20.5. The quantitative estimate of drug-likeness (QED) is 0.696. The van der Waals surface area contributed by atoms with Crippen LogP contribution in [0.2, 0.25) is 0 Å². The highest BCUT2D eigenvalue weighted by atomic mass is 32.2. The van der Waals surface area contributed by atoms with Crippen molar-refractivity contribution in [3.05, 3.63) is 59.7 Å². The zero-order chi connectivity index (χ0) is 20.6. The third kappa shape index (κ3) is 3.96. The highest BCUT2D eigenvalue weighted by Gasteiger charge is 2.61. The highest BCUT2D eigenvalue weighted by molar-refractivity contribution is 7.94. The Balaban J connectivity index is 1.64. The fraction of sp³-hybridized carbons (Fsp3) is 0.316. The average Bonchev–Trinajstić information content (AvgIpc) is 3.44. The number of sulfone groups is 1. The molecule has 9 heteroatoms. The summed E-state index contributed by atoms with van der Waals surface area (Å²) >= 11 is 0. The molecule has 2 aromatic carbocycles. The number of aryl methyl sites for hydroxylation is 1. The lowest BCUT2D eigenvalue weighted by atomic mass is 10.1. The largest absolute Gasteiger partial charge is 0.354 e. The van der Waals surface area contributed by atoms with Crippen molar-refractivity contribution in [2.24, 2.45) is 5.14 Å². The number of rotatable bonds is 7. The molecular weight excluding hydrogens is 400 g/mol. The number of hydrogen-bond acceptors (Lipinski definition) is 5. The van der Waals surface area contributed by atoms with E-state index in [-0.39, 0.29) is 16.3 Å². The van der Waals surface area contributed by atoms with Gasteiger partial charge in [0.2, 0.25) is 15.9 Å². The summed E-state index contributed by atoms with van der Waals surface area (Å²) in [4.78, 5) is 12.8. The number of nitrogens with two attached hydrogens (primary N) is 1. The molecule has 0 bridgehead atoms. The van der Waals surface area contributed by atoms with E-state index < -0.39 is 30.5 Å². The summed E-state index contributed by atoms with van der Waals surface area (Å²) in [6, 6.07) is 12.5. The van der Waals surface area contributed by atoms with Gasteiger partial charge in [0.15, 0.2) is 14.6 Å². The molecule has 1 amide bonds. The van der Waals surface area contributed by atoms with E-state index in [0.717, 1.165) is 11.1 Å². The molecule has 0 unspecified atom stereocenters. The summed E-state index contributed by atoms with van der Waals surface area (Å²) < 4.78 is 46.9. The SMILES string of the molecule is Cc1ccc(S(=O)(=O)C2(C(=O)NCCc3ccc(S(N)(=O)=O)cc3)CC2)cc1. The Morgan fingerprint density at radius 2 is 1.50 bits per heavy atom. The summed E-state index contributed by atoms with van der Waals surface area (Å²) in [5, 5.41) is 7.76. The van der Waals surface area contributed by atoms with Crippen molar-refractivity contribution >= 4 is 25.8 Å². The Morgan fingerprint density at radius 1 is 0.964 bits per heavy atom. The van der Waals surface area contributed by atoms with Crippen LogP contribution in [-0.2, 0) is 31.1 Å². The Morgan fingerprint density at radius 3 is 2.00 bits per heavy atom. The summed E-state index contributed by atoms with van der Waals surface area (Å²) in [6.45, 7) is 2.12. The zero-order valence-electron chi connectivity index (χ0n) is 15.4. The predicted octanol–water partition coefficient (Wildman–Crippen LogP) is 1.31. The maximum Gasteiger partial charge on any atom is 0.241 e. The van der Waals surface area contributed by atoms with Crippen LogP contribution in [0.4, 0.5) is 0 Å². The minimum absolute atomic E-state index is 0.0152. The van der Waals surface area contributed by atoms with Gasteiger partial charge in [0.05, 0.1) is 9.79 Å². The van der Waals surface area contributed by atoms with Gasteiger partial charge in [-0.1, -0.05) is 29.8 Å². The number of nitrogens with one attached hydrogen (secondary N) is 1. The zero-order valence-corrected chi connectivity index (χ0v) is 17.0. The monoisotopic (exact) mass is 422 g/mol. The van der Waals surface area contributed by atoms with Gasteiger partial charge in [0.25, 0.3) is 0 Å². The number of carbonyl (C=O) groups is 1. The summed E-state index contributed by atoms with van der Waals surface area (Å²) in [6.07, 6.45) is 1.05. The van der Waals surface area contributed by atoms with E-state index in [1.807, 2.05) is 6.92 Å². The topological polar surface area (TPSA) is 123 Å². The molecule has 1 saturated carbocycles. The van der Waals surface area contributed by atoms with Crippen molar-refractivity contribution in [1.29, 1.82) is 0 Å². The molecule has 0 spiro atoms. The number of amides is 1. The van der Waals surface area contributed by atoms with Crippen LogP contribution in [0.15, 0.2) is 58.3 Å². The molecular formula is C19H22N2O5S2. The minimum Gasteiger partial charge on any atom is -0.354 e. The molecule has 3 rings (SSSR count). The Kier molecular flexibility index (Phi) is 5.35. The van der Waals surface area contributed by atoms with Crippen LogP contribution in [0.25, 0.3) is 0 Å². The Labute approximate surface area is 164 Å². The molecule has 2 aromatic rings. The number of benzene rings is 2. The second-order valence-corrected chi connectivity index (χ2v) is 10.8. The molecule has 28 heavy (non-hydrogen) atoms. The Hall–Kier alpha value is -2.23. The fourth-order valence-electron chi connectivity index (χ4n) is 3.00. The van der Waals surface area contributed by atoms with Crippen molar-refractivity contribution in [2.45, 2.75) is 40.7 Å². The number of sulfonamides is 1. The summed E-state index contributed by atoms with van der Waals surface area (Å²) in [5.74, 6) is -0.491. The lowest BCUT2D eigenvalue weighted by Crippen LogP contribution is -2.42. The van der Waals surface area contributed by atoms with Crippen molar-refractivity contribution in [3.63, 3.8) is 0 Å². The fourth-order valence-corrected chi connectivity index (χ4v) is 5.42. The van der Waals surface area contributed by atoms with E-state index in [1.165, 1.54) is 24.3 Å². The number of carbonyl (C=O) groups excluding carboxylic acids is 1. The van der Waals surface area contributed by atoms with Gasteiger partial charge >= 0.3 is 0 Å². The van der Waals surface area contributed by atoms with Crippen LogP contribution in [0.5, 0.6) is 0 Å². The van der Waals surface area contributed by atoms with Gasteiger partial charge in [0, 0.05) is 6.54 Å². The minimum atomic E-state index is -3.75. The maximum atomic E-state index is 12.9. The normalized spacial score (nSPS) is 15.8. The Bertz CT molecular complexity index is 1090. The molecule has 3 N–H and O–H groups in total. The first-order chi connectivity index (χ1) is 13.1. The van der Waals surface area contributed by atoms with Gasteiger partial charge in [-0.2, -0.15) is 0 Å². The first-order valence-corrected chi connectivity index (χ1v) is 11.8. The average molecular weight is 423 g/mol. The van der Waals surface area contributed by atoms with Crippen molar-refractivity contribution in [1.82, 2.24) is 5.32 Å². The second kappa shape index (κ2) is 7.31. The van der Waals surface area contributed by atoms with Crippen LogP contribution in [-0.4, -0.2) is 34.0 Å². The van der Waals surface area contributed by atoms with E-state index in [0.29, 0.717) is 19.3 Å². The predicted molar refractivity (Wildman–Crippen MR) is 105 cm³/mol. The molecule has 1 aliphatic carbocycles. The molecule has 0 saturated heterocycles. The highest BCUT2D eigenvalue weighted by Crippen LogP contribution is 2.47. The third-order valence-corrected chi connectivity index (χ3v) is 8.36.